The van der Waals surface area contributed by atoms with Crippen molar-refractivity contribution in [2.75, 3.05) is 31.6 Å². The summed E-state index contributed by atoms with van der Waals surface area (Å²) >= 11 is 0. The van der Waals surface area contributed by atoms with Crippen molar-refractivity contribution >= 4 is 17.4 Å². The van der Waals surface area contributed by atoms with Gasteiger partial charge in [0.1, 0.15) is 12.1 Å². The SMILES string of the molecule is CC(C)C(N)CCN(C)C(=O)C1CCN(c2ccc3nncn3n2)CC1. The maximum atomic E-state index is 12.7. The van der Waals surface area contributed by atoms with Crippen molar-refractivity contribution < 1.29 is 4.79 Å². The second kappa shape index (κ2) is 7.99. The van der Waals surface area contributed by atoms with Crippen LogP contribution in [0.3, 0.4) is 0 Å². The molecule has 0 saturated carbocycles. The Labute approximate surface area is 154 Å². The van der Waals surface area contributed by atoms with E-state index in [1.54, 1.807) is 10.8 Å². The number of carbonyl (C=O) groups is 1. The Bertz CT molecular complexity index is 736. The van der Waals surface area contributed by atoms with Crippen molar-refractivity contribution in [3.05, 3.63) is 18.5 Å². The Kier molecular flexibility index (Phi) is 5.70. The average Bonchev–Trinajstić information content (AvgIpc) is 3.13. The van der Waals surface area contributed by atoms with Gasteiger partial charge < -0.3 is 15.5 Å². The lowest BCUT2D eigenvalue weighted by atomic mass is 9.95. The predicted molar refractivity (Wildman–Crippen MR) is 101 cm³/mol. The number of fused-ring (bicyclic) bond motifs is 1. The zero-order valence-electron chi connectivity index (χ0n) is 15.9. The molecule has 2 aromatic heterocycles. The first-order valence-corrected chi connectivity index (χ1v) is 9.38. The van der Waals surface area contributed by atoms with Crippen LogP contribution >= 0.6 is 0 Å². The normalized spacial score (nSPS) is 17.0. The van der Waals surface area contributed by atoms with Crippen LogP contribution in [0.15, 0.2) is 18.5 Å². The Hall–Kier alpha value is -2.22. The zero-order valence-corrected chi connectivity index (χ0v) is 15.9. The maximum absolute atomic E-state index is 12.7. The summed E-state index contributed by atoms with van der Waals surface area (Å²) in [6.07, 6.45) is 4.15. The van der Waals surface area contributed by atoms with E-state index in [-0.39, 0.29) is 17.9 Å². The fourth-order valence-corrected chi connectivity index (χ4v) is 3.34. The van der Waals surface area contributed by atoms with E-state index < -0.39 is 0 Å². The largest absolute Gasteiger partial charge is 0.355 e. The number of piperidine rings is 1. The smallest absolute Gasteiger partial charge is 0.225 e. The molecular weight excluding hydrogens is 330 g/mol. The second-order valence-electron chi connectivity index (χ2n) is 7.54. The molecule has 2 aromatic rings. The van der Waals surface area contributed by atoms with Crippen LogP contribution in [0.4, 0.5) is 5.82 Å². The Morgan fingerprint density at radius 2 is 2.08 bits per heavy atom. The lowest BCUT2D eigenvalue weighted by Crippen LogP contribution is -2.43. The van der Waals surface area contributed by atoms with Crippen molar-refractivity contribution in [2.45, 2.75) is 39.2 Å². The van der Waals surface area contributed by atoms with E-state index in [2.05, 4.69) is 34.0 Å². The first-order valence-electron chi connectivity index (χ1n) is 9.38. The summed E-state index contributed by atoms with van der Waals surface area (Å²) in [5.41, 5.74) is 6.83. The quantitative estimate of drug-likeness (QED) is 0.832. The zero-order chi connectivity index (χ0) is 18.7. The van der Waals surface area contributed by atoms with Crippen LogP contribution in [0.1, 0.15) is 33.1 Å². The fraction of sp³-hybridized carbons (Fsp3) is 0.667. The lowest BCUT2D eigenvalue weighted by molar-refractivity contribution is -0.134. The van der Waals surface area contributed by atoms with E-state index >= 15 is 0 Å². The minimum Gasteiger partial charge on any atom is -0.355 e. The van der Waals surface area contributed by atoms with Gasteiger partial charge in [0, 0.05) is 38.6 Å². The highest BCUT2D eigenvalue weighted by Crippen LogP contribution is 2.23. The van der Waals surface area contributed by atoms with E-state index in [9.17, 15) is 4.79 Å². The van der Waals surface area contributed by atoms with Crippen molar-refractivity contribution in [3.63, 3.8) is 0 Å². The second-order valence-corrected chi connectivity index (χ2v) is 7.54. The molecule has 2 N–H and O–H groups in total. The first kappa shape index (κ1) is 18.6. The molecule has 26 heavy (non-hydrogen) atoms. The summed E-state index contributed by atoms with van der Waals surface area (Å²) in [5.74, 6) is 1.67. The molecule has 0 aromatic carbocycles. The molecule has 8 nitrogen and oxygen atoms in total. The molecule has 142 valence electrons. The predicted octanol–water partition coefficient (Wildman–Crippen LogP) is 1.17. The van der Waals surface area contributed by atoms with Gasteiger partial charge in [0.25, 0.3) is 0 Å². The van der Waals surface area contributed by atoms with Crippen LogP contribution in [0.5, 0.6) is 0 Å². The molecule has 0 spiro atoms. The molecule has 1 atom stereocenters. The van der Waals surface area contributed by atoms with Crippen LogP contribution in [-0.2, 0) is 4.79 Å². The molecule has 1 amide bonds. The van der Waals surface area contributed by atoms with Gasteiger partial charge >= 0.3 is 0 Å². The Morgan fingerprint density at radius 3 is 2.77 bits per heavy atom. The topological polar surface area (TPSA) is 92.6 Å². The molecule has 3 rings (SSSR count). The molecule has 1 unspecified atom stereocenters. The van der Waals surface area contributed by atoms with Gasteiger partial charge in [-0.2, -0.15) is 4.52 Å². The van der Waals surface area contributed by atoms with E-state index in [0.29, 0.717) is 5.92 Å². The van der Waals surface area contributed by atoms with Gasteiger partial charge in [-0.1, -0.05) is 13.8 Å². The van der Waals surface area contributed by atoms with Crippen LogP contribution in [0, 0.1) is 11.8 Å². The molecule has 0 aliphatic carbocycles. The number of nitrogens with two attached hydrogens (primary N) is 1. The van der Waals surface area contributed by atoms with E-state index in [1.165, 1.54) is 0 Å². The van der Waals surface area contributed by atoms with Crippen molar-refractivity contribution in [3.8, 4) is 0 Å². The van der Waals surface area contributed by atoms with Crippen LogP contribution < -0.4 is 10.6 Å². The molecule has 1 aliphatic heterocycles. The number of carbonyl (C=O) groups excluding carboxylic acids is 1. The summed E-state index contributed by atoms with van der Waals surface area (Å²) in [6, 6.07) is 4.02. The summed E-state index contributed by atoms with van der Waals surface area (Å²) in [4.78, 5) is 16.8. The van der Waals surface area contributed by atoms with Crippen LogP contribution in [0.2, 0.25) is 0 Å². The van der Waals surface area contributed by atoms with Crippen molar-refractivity contribution in [1.82, 2.24) is 24.7 Å². The number of rotatable bonds is 6. The number of anilines is 1. The third-order valence-electron chi connectivity index (χ3n) is 5.35. The number of hydrogen-bond acceptors (Lipinski definition) is 6. The summed E-state index contributed by atoms with van der Waals surface area (Å²) in [5, 5.41) is 12.4. The van der Waals surface area contributed by atoms with Crippen molar-refractivity contribution in [1.29, 1.82) is 0 Å². The minimum atomic E-state index is 0.0881. The molecule has 0 radical (unpaired) electrons. The van der Waals surface area contributed by atoms with Gasteiger partial charge in [0.15, 0.2) is 5.65 Å². The highest BCUT2D eigenvalue weighted by atomic mass is 16.2. The van der Waals surface area contributed by atoms with Gasteiger partial charge in [-0.25, -0.2) is 0 Å². The fourth-order valence-electron chi connectivity index (χ4n) is 3.34. The maximum Gasteiger partial charge on any atom is 0.225 e. The highest BCUT2D eigenvalue weighted by Gasteiger charge is 2.28. The van der Waals surface area contributed by atoms with Gasteiger partial charge in [-0.05, 0) is 37.3 Å². The third kappa shape index (κ3) is 4.12. The monoisotopic (exact) mass is 359 g/mol. The molecule has 1 saturated heterocycles. The van der Waals surface area contributed by atoms with E-state index in [4.69, 9.17) is 5.73 Å². The lowest BCUT2D eigenvalue weighted by Gasteiger charge is -2.34. The first-order chi connectivity index (χ1) is 12.5. The Balaban J connectivity index is 1.51. The summed E-state index contributed by atoms with van der Waals surface area (Å²) in [7, 11) is 1.89. The third-order valence-corrected chi connectivity index (χ3v) is 5.35. The number of nitrogens with zero attached hydrogens (tertiary/aromatic N) is 6. The Morgan fingerprint density at radius 1 is 1.35 bits per heavy atom. The number of amides is 1. The average molecular weight is 359 g/mol. The standard InChI is InChI=1S/C18H29N7O/c1-13(2)15(19)8-9-23(3)18(26)14-6-10-24(11-7-14)17-5-4-16-21-20-12-25(16)22-17/h4-5,12-15H,6-11,19H2,1-3H3. The molecule has 3 heterocycles. The van der Waals surface area contributed by atoms with Crippen molar-refractivity contribution in [2.24, 2.45) is 17.6 Å². The number of hydrogen-bond donors (Lipinski definition) is 1. The molecular formula is C18H29N7O. The summed E-state index contributed by atoms with van der Waals surface area (Å²) < 4.78 is 1.68. The van der Waals surface area contributed by atoms with Gasteiger partial charge in [-0.3, -0.25) is 4.79 Å². The highest BCUT2D eigenvalue weighted by molar-refractivity contribution is 5.78. The summed E-state index contributed by atoms with van der Waals surface area (Å²) in [6.45, 7) is 6.62. The van der Waals surface area contributed by atoms with E-state index in [0.717, 1.165) is 50.4 Å². The van der Waals surface area contributed by atoms with Gasteiger partial charge in [-0.15, -0.1) is 15.3 Å². The minimum absolute atomic E-state index is 0.0881. The van der Waals surface area contributed by atoms with Gasteiger partial charge in [0.05, 0.1) is 0 Å². The molecule has 8 heteroatoms. The van der Waals surface area contributed by atoms with E-state index in [1.807, 2.05) is 24.1 Å². The van der Waals surface area contributed by atoms with Crippen LogP contribution in [-0.4, -0.2) is 63.3 Å². The molecule has 1 aliphatic rings. The molecule has 1 fully saturated rings. The van der Waals surface area contributed by atoms with Crippen LogP contribution in [0.25, 0.3) is 5.65 Å². The number of aromatic nitrogens is 4. The van der Waals surface area contributed by atoms with Gasteiger partial charge in [0.2, 0.25) is 5.91 Å². The molecule has 0 bridgehead atoms.